The lowest BCUT2D eigenvalue weighted by molar-refractivity contribution is 0.464. The highest BCUT2D eigenvalue weighted by Crippen LogP contribution is 2.30. The third-order valence-electron chi connectivity index (χ3n) is 1.60. The smallest absolute Gasteiger partial charge is 0.161 e. The fraction of sp³-hybridized carbons (Fsp3) is 0. The number of furan rings is 1. The zero-order valence-corrected chi connectivity index (χ0v) is 7.43. The summed E-state index contributed by atoms with van der Waals surface area (Å²) in [6.07, 6.45) is 1.18. The molecule has 0 aliphatic carbocycles. The largest absolute Gasteiger partial charge is 0.504 e. The highest BCUT2D eigenvalue weighted by Gasteiger charge is 2.08. The molecule has 0 saturated heterocycles. The van der Waals surface area contributed by atoms with E-state index in [0.717, 1.165) is 0 Å². The number of hydrogen-bond acceptors (Lipinski definition) is 2. The van der Waals surface area contributed by atoms with Crippen LogP contribution in [-0.2, 0) is 0 Å². The van der Waals surface area contributed by atoms with Gasteiger partial charge >= 0.3 is 0 Å². The van der Waals surface area contributed by atoms with Crippen LogP contribution in [0.25, 0.3) is 11.0 Å². The van der Waals surface area contributed by atoms with Crippen LogP contribution in [0.5, 0.6) is 5.75 Å². The van der Waals surface area contributed by atoms with Crippen molar-refractivity contribution in [2.45, 2.75) is 0 Å². The maximum absolute atomic E-state index is 12.9. The van der Waals surface area contributed by atoms with Crippen molar-refractivity contribution in [1.29, 1.82) is 0 Å². The molecule has 0 radical (unpaired) electrons. The van der Waals surface area contributed by atoms with Gasteiger partial charge in [0.05, 0.1) is 9.86 Å². The second kappa shape index (κ2) is 2.48. The topological polar surface area (TPSA) is 33.4 Å². The highest BCUT2D eigenvalue weighted by molar-refractivity contribution is 9.10. The molecule has 1 N–H and O–H groups in total. The molecule has 0 aliphatic heterocycles. The van der Waals surface area contributed by atoms with Gasteiger partial charge < -0.3 is 9.52 Å². The maximum atomic E-state index is 12.9. The van der Waals surface area contributed by atoms with Crippen LogP contribution in [0.4, 0.5) is 4.39 Å². The summed E-state index contributed by atoms with van der Waals surface area (Å²) in [6, 6.07) is 2.70. The summed E-state index contributed by atoms with van der Waals surface area (Å²) in [5, 5.41) is 9.69. The summed E-state index contributed by atoms with van der Waals surface area (Å²) in [4.78, 5) is 0. The van der Waals surface area contributed by atoms with E-state index in [4.69, 9.17) is 4.42 Å². The lowest BCUT2D eigenvalue weighted by Crippen LogP contribution is -1.75. The Morgan fingerprint density at radius 1 is 1.42 bits per heavy atom. The molecular formula is C8H4BrFO2. The van der Waals surface area contributed by atoms with Gasteiger partial charge in [0.1, 0.15) is 17.7 Å². The Bertz CT molecular complexity index is 436. The quantitative estimate of drug-likeness (QED) is 0.755. The Kier molecular flexibility index (Phi) is 1.58. The first-order valence-corrected chi connectivity index (χ1v) is 4.03. The molecule has 1 aromatic heterocycles. The Morgan fingerprint density at radius 3 is 2.92 bits per heavy atom. The van der Waals surface area contributed by atoms with Gasteiger partial charge in [-0.05, 0) is 22.0 Å². The first kappa shape index (κ1) is 7.61. The first-order valence-electron chi connectivity index (χ1n) is 3.23. The van der Waals surface area contributed by atoms with E-state index in [-0.39, 0.29) is 5.75 Å². The van der Waals surface area contributed by atoms with Gasteiger partial charge in [-0.2, -0.15) is 0 Å². The molecule has 0 bridgehead atoms. The lowest BCUT2D eigenvalue weighted by Gasteiger charge is -1.93. The number of halogens is 2. The van der Waals surface area contributed by atoms with Gasteiger partial charge in [-0.1, -0.05) is 0 Å². The average molecular weight is 231 g/mol. The standard InChI is InChI=1S/C8H4BrFO2/c9-5-1-4-7(11)3-12-8(4)2-6(5)10/h1-3,11H. The van der Waals surface area contributed by atoms with Crippen molar-refractivity contribution >= 4 is 26.9 Å². The zero-order chi connectivity index (χ0) is 8.72. The highest BCUT2D eigenvalue weighted by atomic mass is 79.9. The second-order valence-corrected chi connectivity index (χ2v) is 3.24. The molecule has 0 atom stereocenters. The van der Waals surface area contributed by atoms with Crippen LogP contribution in [0.1, 0.15) is 0 Å². The van der Waals surface area contributed by atoms with Crippen LogP contribution >= 0.6 is 15.9 Å². The van der Waals surface area contributed by atoms with Crippen molar-refractivity contribution in [3.8, 4) is 5.75 Å². The lowest BCUT2D eigenvalue weighted by atomic mass is 10.2. The minimum Gasteiger partial charge on any atom is -0.504 e. The van der Waals surface area contributed by atoms with E-state index < -0.39 is 5.82 Å². The van der Waals surface area contributed by atoms with Gasteiger partial charge in [-0.3, -0.25) is 0 Å². The Hall–Kier alpha value is -1.03. The summed E-state index contributed by atoms with van der Waals surface area (Å²) in [7, 11) is 0. The number of benzene rings is 1. The second-order valence-electron chi connectivity index (χ2n) is 2.38. The van der Waals surface area contributed by atoms with Gasteiger partial charge in [-0.25, -0.2) is 4.39 Å². The van der Waals surface area contributed by atoms with Crippen molar-refractivity contribution in [3.05, 3.63) is 28.7 Å². The SMILES string of the molecule is Oc1coc2cc(F)c(Br)cc12. The van der Waals surface area contributed by atoms with Crippen molar-refractivity contribution in [3.63, 3.8) is 0 Å². The van der Waals surface area contributed by atoms with Crippen LogP contribution in [0, 0.1) is 5.82 Å². The van der Waals surface area contributed by atoms with Gasteiger partial charge in [-0.15, -0.1) is 0 Å². The molecule has 2 nitrogen and oxygen atoms in total. The summed E-state index contributed by atoms with van der Waals surface area (Å²) < 4.78 is 18.1. The molecule has 0 fully saturated rings. The van der Waals surface area contributed by atoms with Crippen LogP contribution < -0.4 is 0 Å². The number of hydrogen-bond donors (Lipinski definition) is 1. The van der Waals surface area contributed by atoms with Crippen LogP contribution in [-0.4, -0.2) is 5.11 Å². The van der Waals surface area contributed by atoms with Gasteiger partial charge in [0.25, 0.3) is 0 Å². The minimum absolute atomic E-state index is 0.0192. The molecule has 1 aromatic carbocycles. The molecule has 2 aromatic rings. The van der Waals surface area contributed by atoms with E-state index in [2.05, 4.69) is 15.9 Å². The minimum atomic E-state index is -0.406. The van der Waals surface area contributed by atoms with Crippen molar-refractivity contribution in [2.75, 3.05) is 0 Å². The van der Waals surface area contributed by atoms with E-state index in [0.29, 0.717) is 15.4 Å². The summed E-state index contributed by atoms with van der Waals surface area (Å²) >= 11 is 3.01. The Balaban J connectivity index is 2.87. The molecule has 4 heteroatoms. The van der Waals surface area contributed by atoms with E-state index in [1.807, 2.05) is 0 Å². The van der Waals surface area contributed by atoms with E-state index in [1.165, 1.54) is 18.4 Å². The van der Waals surface area contributed by atoms with E-state index in [9.17, 15) is 9.50 Å². The van der Waals surface area contributed by atoms with E-state index in [1.54, 1.807) is 0 Å². The fourth-order valence-corrected chi connectivity index (χ4v) is 1.35. The van der Waals surface area contributed by atoms with Gasteiger partial charge in [0.15, 0.2) is 5.75 Å². The number of fused-ring (bicyclic) bond motifs is 1. The van der Waals surface area contributed by atoms with Crippen LogP contribution in [0.3, 0.4) is 0 Å². The molecule has 12 heavy (non-hydrogen) atoms. The molecular weight excluding hydrogens is 227 g/mol. The third kappa shape index (κ3) is 0.992. The first-order chi connectivity index (χ1) is 5.68. The van der Waals surface area contributed by atoms with E-state index >= 15 is 0 Å². The summed E-state index contributed by atoms with van der Waals surface area (Å²) in [6.45, 7) is 0. The summed E-state index contributed by atoms with van der Waals surface area (Å²) in [5.74, 6) is -0.387. The molecule has 0 amide bonds. The predicted molar refractivity (Wildman–Crippen MR) is 45.5 cm³/mol. The maximum Gasteiger partial charge on any atom is 0.161 e. The normalized spacial score (nSPS) is 10.8. The van der Waals surface area contributed by atoms with Crippen LogP contribution in [0.15, 0.2) is 27.3 Å². The predicted octanol–water partition coefficient (Wildman–Crippen LogP) is 3.04. The number of rotatable bonds is 0. The van der Waals surface area contributed by atoms with Crippen molar-refractivity contribution < 1.29 is 13.9 Å². The molecule has 0 aliphatic rings. The Morgan fingerprint density at radius 2 is 2.17 bits per heavy atom. The molecule has 2 rings (SSSR count). The van der Waals surface area contributed by atoms with Gasteiger partial charge in [0, 0.05) is 6.07 Å². The van der Waals surface area contributed by atoms with Gasteiger partial charge in [0.2, 0.25) is 0 Å². The van der Waals surface area contributed by atoms with Crippen molar-refractivity contribution in [1.82, 2.24) is 0 Å². The molecule has 1 heterocycles. The molecule has 62 valence electrons. The Labute approximate surface area is 75.7 Å². The van der Waals surface area contributed by atoms with Crippen LogP contribution in [0.2, 0.25) is 0 Å². The molecule has 0 spiro atoms. The monoisotopic (exact) mass is 230 g/mol. The number of aromatic hydroxyl groups is 1. The molecule has 0 unspecified atom stereocenters. The molecule has 0 saturated carbocycles. The van der Waals surface area contributed by atoms with Crippen molar-refractivity contribution in [2.24, 2.45) is 0 Å². The zero-order valence-electron chi connectivity index (χ0n) is 5.84. The third-order valence-corrected chi connectivity index (χ3v) is 2.20. The summed E-state index contributed by atoms with van der Waals surface area (Å²) in [5.41, 5.74) is 0.341. The fourth-order valence-electron chi connectivity index (χ4n) is 1.01. The average Bonchev–Trinajstić information content (AvgIpc) is 2.35.